The highest BCUT2D eigenvalue weighted by Gasteiger charge is 2.29. The van der Waals surface area contributed by atoms with Crippen LogP contribution in [0.5, 0.6) is 0 Å². The van der Waals surface area contributed by atoms with E-state index in [-0.39, 0.29) is 24.5 Å². The Hall–Kier alpha value is -1.62. The van der Waals surface area contributed by atoms with Gasteiger partial charge in [0.05, 0.1) is 13.2 Å². The molecule has 2 fully saturated rings. The highest BCUT2D eigenvalue weighted by Crippen LogP contribution is 2.21. The first-order valence-corrected chi connectivity index (χ1v) is 12.9. The molecule has 0 aromatic rings. The molecule has 0 aromatic carbocycles. The molecule has 0 spiro atoms. The van der Waals surface area contributed by atoms with Gasteiger partial charge in [0.25, 0.3) is 0 Å². The van der Waals surface area contributed by atoms with E-state index in [4.69, 9.17) is 9.47 Å². The molecule has 4 N–H and O–H groups in total. The summed E-state index contributed by atoms with van der Waals surface area (Å²) in [7, 11) is 0. The minimum Gasteiger partial charge on any atom is -0.465 e. The molecule has 10 heteroatoms. The van der Waals surface area contributed by atoms with E-state index in [0.717, 1.165) is 77.9 Å². The first kappa shape index (κ1) is 28.6. The van der Waals surface area contributed by atoms with E-state index in [2.05, 4.69) is 48.1 Å². The zero-order valence-electron chi connectivity index (χ0n) is 21.4. The lowest BCUT2D eigenvalue weighted by Crippen LogP contribution is -2.41. The number of carboxylic acid groups (broad SMARTS) is 2. The number of ether oxygens (including phenoxy) is 2. The summed E-state index contributed by atoms with van der Waals surface area (Å²) in [6, 6.07) is -0.240. The Balaban J connectivity index is 1.76. The Labute approximate surface area is 204 Å². The van der Waals surface area contributed by atoms with Gasteiger partial charge in [-0.2, -0.15) is 0 Å². The summed E-state index contributed by atoms with van der Waals surface area (Å²) in [5.41, 5.74) is 0. The topological polar surface area (TPSA) is 124 Å². The normalized spacial score (nSPS) is 23.5. The van der Waals surface area contributed by atoms with E-state index in [0.29, 0.717) is 11.8 Å². The van der Waals surface area contributed by atoms with Crippen LogP contribution in [-0.2, 0) is 9.47 Å². The van der Waals surface area contributed by atoms with Crippen LogP contribution in [0.3, 0.4) is 0 Å². The van der Waals surface area contributed by atoms with Gasteiger partial charge >= 0.3 is 12.2 Å². The Morgan fingerprint density at radius 1 is 0.765 bits per heavy atom. The van der Waals surface area contributed by atoms with Crippen LogP contribution in [0, 0.1) is 11.8 Å². The van der Waals surface area contributed by atoms with Crippen LogP contribution >= 0.6 is 0 Å². The van der Waals surface area contributed by atoms with Gasteiger partial charge in [-0.05, 0) is 37.5 Å². The molecular weight excluding hydrogens is 440 g/mol. The van der Waals surface area contributed by atoms with Crippen molar-refractivity contribution in [1.29, 1.82) is 0 Å². The molecular formula is C24H46N4O6. The van der Waals surface area contributed by atoms with Gasteiger partial charge in [-0.15, -0.1) is 0 Å². The van der Waals surface area contributed by atoms with Gasteiger partial charge in [0, 0.05) is 38.3 Å². The van der Waals surface area contributed by atoms with Crippen LogP contribution in [0.25, 0.3) is 0 Å². The SMILES string of the molecule is CC(C)C1OCCN1CCC(CCCCC(CCN1CCOC1C(C)C)NC(=O)O)NC(=O)O. The number of carbonyl (C=O) groups is 2. The molecule has 34 heavy (non-hydrogen) atoms. The summed E-state index contributed by atoms with van der Waals surface area (Å²) < 4.78 is 11.6. The van der Waals surface area contributed by atoms with Gasteiger partial charge in [0.1, 0.15) is 12.5 Å². The molecule has 0 aromatic heterocycles. The molecule has 2 aliphatic rings. The largest absolute Gasteiger partial charge is 0.465 e. The predicted octanol–water partition coefficient (Wildman–Crippen LogP) is 3.23. The van der Waals surface area contributed by atoms with Crippen LogP contribution in [0.4, 0.5) is 9.59 Å². The van der Waals surface area contributed by atoms with Crippen molar-refractivity contribution < 1.29 is 29.3 Å². The van der Waals surface area contributed by atoms with Crippen LogP contribution < -0.4 is 10.6 Å². The molecule has 0 saturated carbocycles. The lowest BCUT2D eigenvalue weighted by molar-refractivity contribution is -0.00328. The fraction of sp³-hybridized carbons (Fsp3) is 0.917. The van der Waals surface area contributed by atoms with E-state index < -0.39 is 12.2 Å². The lowest BCUT2D eigenvalue weighted by Gasteiger charge is -2.28. The molecule has 0 aliphatic carbocycles. The van der Waals surface area contributed by atoms with Gasteiger partial charge in [0.15, 0.2) is 0 Å². The standard InChI is InChI=1S/C24H46N4O6/c1-17(2)21-27(13-15-33-21)11-9-19(25-23(29)30)7-5-6-8-20(26-24(31)32)10-12-28-14-16-34-22(28)18(3)4/h17-22,25-26H,5-16H2,1-4H3,(H,29,30)(H,31,32). The molecule has 10 nitrogen and oxygen atoms in total. The Morgan fingerprint density at radius 2 is 1.15 bits per heavy atom. The van der Waals surface area contributed by atoms with E-state index >= 15 is 0 Å². The Kier molecular flexibility index (Phi) is 12.4. The van der Waals surface area contributed by atoms with Crippen LogP contribution in [0.2, 0.25) is 0 Å². The van der Waals surface area contributed by atoms with Crippen molar-refractivity contribution in [3.05, 3.63) is 0 Å². The second-order valence-corrected chi connectivity index (χ2v) is 10.2. The highest BCUT2D eigenvalue weighted by molar-refractivity contribution is 5.65. The molecule has 2 aliphatic heterocycles. The summed E-state index contributed by atoms with van der Waals surface area (Å²) >= 11 is 0. The number of rotatable bonds is 15. The molecule has 2 heterocycles. The van der Waals surface area contributed by atoms with Crippen molar-refractivity contribution in [2.24, 2.45) is 11.8 Å². The molecule has 0 bridgehead atoms. The fourth-order valence-corrected chi connectivity index (χ4v) is 5.10. The van der Waals surface area contributed by atoms with E-state index in [1.54, 1.807) is 0 Å². The van der Waals surface area contributed by atoms with Gasteiger partial charge in [-0.25, -0.2) is 9.59 Å². The lowest BCUT2D eigenvalue weighted by atomic mass is 10.0. The van der Waals surface area contributed by atoms with Gasteiger partial charge < -0.3 is 30.3 Å². The number of hydrogen-bond acceptors (Lipinski definition) is 6. The first-order valence-electron chi connectivity index (χ1n) is 12.9. The van der Waals surface area contributed by atoms with Crippen LogP contribution in [-0.4, -0.2) is 96.1 Å². The maximum absolute atomic E-state index is 11.3. The van der Waals surface area contributed by atoms with Crippen molar-refractivity contribution in [3.63, 3.8) is 0 Å². The van der Waals surface area contributed by atoms with Gasteiger partial charge in [0.2, 0.25) is 0 Å². The maximum Gasteiger partial charge on any atom is 0.404 e. The van der Waals surface area contributed by atoms with E-state index in [1.165, 1.54) is 0 Å². The summed E-state index contributed by atoms with van der Waals surface area (Å²) in [4.78, 5) is 27.2. The van der Waals surface area contributed by atoms with E-state index in [9.17, 15) is 19.8 Å². The number of nitrogens with zero attached hydrogens (tertiary/aromatic N) is 2. The van der Waals surface area contributed by atoms with Crippen LogP contribution in [0.15, 0.2) is 0 Å². The third kappa shape index (κ3) is 9.93. The fourth-order valence-electron chi connectivity index (χ4n) is 5.10. The zero-order valence-corrected chi connectivity index (χ0v) is 21.4. The number of nitrogens with one attached hydrogen (secondary N) is 2. The zero-order chi connectivity index (χ0) is 25.1. The van der Waals surface area contributed by atoms with Crippen molar-refractivity contribution in [2.45, 2.75) is 90.8 Å². The molecule has 2 saturated heterocycles. The molecule has 0 radical (unpaired) electrons. The molecule has 2 rings (SSSR count). The molecule has 4 unspecified atom stereocenters. The van der Waals surface area contributed by atoms with Crippen molar-refractivity contribution >= 4 is 12.2 Å². The van der Waals surface area contributed by atoms with Crippen molar-refractivity contribution in [2.75, 3.05) is 39.4 Å². The van der Waals surface area contributed by atoms with Crippen LogP contribution in [0.1, 0.15) is 66.2 Å². The average molecular weight is 487 g/mol. The maximum atomic E-state index is 11.3. The first-order chi connectivity index (χ1) is 16.2. The third-order valence-corrected chi connectivity index (χ3v) is 6.73. The van der Waals surface area contributed by atoms with Gasteiger partial charge in [-0.3, -0.25) is 9.80 Å². The predicted molar refractivity (Wildman–Crippen MR) is 130 cm³/mol. The molecule has 4 atom stereocenters. The number of hydrogen-bond donors (Lipinski definition) is 4. The minimum atomic E-state index is -0.999. The summed E-state index contributed by atoms with van der Waals surface area (Å²) in [6.45, 7) is 13.3. The van der Waals surface area contributed by atoms with Crippen molar-refractivity contribution in [3.8, 4) is 0 Å². The third-order valence-electron chi connectivity index (χ3n) is 6.73. The molecule has 2 amide bonds. The second kappa shape index (κ2) is 14.7. The minimum absolute atomic E-state index is 0.102. The number of unbranched alkanes of at least 4 members (excludes halogenated alkanes) is 1. The second-order valence-electron chi connectivity index (χ2n) is 10.2. The smallest absolute Gasteiger partial charge is 0.404 e. The Morgan fingerprint density at radius 3 is 1.47 bits per heavy atom. The van der Waals surface area contributed by atoms with Gasteiger partial charge in [-0.1, -0.05) is 40.5 Å². The summed E-state index contributed by atoms with van der Waals surface area (Å²) in [5, 5.41) is 23.8. The van der Waals surface area contributed by atoms with E-state index in [1.807, 2.05) is 0 Å². The highest BCUT2D eigenvalue weighted by atomic mass is 16.5. The summed E-state index contributed by atoms with van der Waals surface area (Å²) in [5.74, 6) is 0.796. The Bertz CT molecular complexity index is 568. The number of amides is 2. The molecule has 198 valence electrons. The average Bonchev–Trinajstić information content (AvgIpc) is 3.41. The summed E-state index contributed by atoms with van der Waals surface area (Å²) in [6.07, 6.45) is 2.84. The monoisotopic (exact) mass is 486 g/mol. The van der Waals surface area contributed by atoms with Crippen molar-refractivity contribution in [1.82, 2.24) is 20.4 Å². The quantitative estimate of drug-likeness (QED) is 0.260.